The molecule has 0 saturated heterocycles. The van der Waals surface area contributed by atoms with Crippen molar-refractivity contribution in [2.45, 2.75) is 96.1 Å². The van der Waals surface area contributed by atoms with E-state index in [1.165, 1.54) is 0 Å². The number of carbonyl (C=O) groups excluding carboxylic acids is 2. The Labute approximate surface area is 211 Å². The second-order valence-corrected chi connectivity index (χ2v) is 8.75. The van der Waals surface area contributed by atoms with Crippen LogP contribution < -0.4 is 38.9 Å². The van der Waals surface area contributed by atoms with E-state index in [9.17, 15) is 9.59 Å². The molecule has 0 heterocycles. The SMILES string of the molecule is CC(=O)O.NCCCC(N)C(=O)NCCCCCCNCCCCCCNC(=O)C(N)CCCN. The molecule has 208 valence electrons. The number of nitrogens with two attached hydrogens (primary N) is 4. The van der Waals surface area contributed by atoms with Gasteiger partial charge in [-0.15, -0.1) is 0 Å². The molecule has 0 bridgehead atoms. The first-order chi connectivity index (χ1) is 16.8. The zero-order chi connectivity index (χ0) is 26.7. The number of carboxylic acids is 1. The van der Waals surface area contributed by atoms with Crippen molar-refractivity contribution in [3.8, 4) is 0 Å². The molecule has 0 saturated carbocycles. The van der Waals surface area contributed by atoms with Gasteiger partial charge in [-0.2, -0.15) is 0 Å². The Hall–Kier alpha value is -1.79. The van der Waals surface area contributed by atoms with Crippen LogP contribution in [0.25, 0.3) is 0 Å². The molecule has 35 heavy (non-hydrogen) atoms. The van der Waals surface area contributed by atoms with Crippen molar-refractivity contribution in [1.29, 1.82) is 0 Å². The number of nitrogens with one attached hydrogen (secondary N) is 3. The summed E-state index contributed by atoms with van der Waals surface area (Å²) in [5, 5.41) is 16.7. The highest BCUT2D eigenvalue weighted by molar-refractivity contribution is 5.81. The molecule has 0 aromatic rings. The zero-order valence-electron chi connectivity index (χ0n) is 21.9. The van der Waals surface area contributed by atoms with Crippen LogP contribution in [0.4, 0.5) is 0 Å². The largest absolute Gasteiger partial charge is 0.481 e. The lowest BCUT2D eigenvalue weighted by Crippen LogP contribution is -2.41. The monoisotopic (exact) mass is 503 g/mol. The molecule has 11 nitrogen and oxygen atoms in total. The molecule has 11 heteroatoms. The van der Waals surface area contributed by atoms with Crippen LogP contribution in [0.2, 0.25) is 0 Å². The van der Waals surface area contributed by atoms with Gasteiger partial charge in [-0.05, 0) is 77.5 Å². The second kappa shape index (κ2) is 26.8. The Bertz CT molecular complexity index is 482. The van der Waals surface area contributed by atoms with Gasteiger partial charge in [0.2, 0.25) is 11.8 Å². The molecule has 0 fully saturated rings. The summed E-state index contributed by atoms with van der Waals surface area (Å²) >= 11 is 0. The highest BCUT2D eigenvalue weighted by Crippen LogP contribution is 2.01. The smallest absolute Gasteiger partial charge is 0.300 e. The molecule has 0 aliphatic heterocycles. The molecule has 0 aromatic heterocycles. The normalized spacial score (nSPS) is 12.3. The summed E-state index contributed by atoms with van der Waals surface area (Å²) in [7, 11) is 0. The van der Waals surface area contributed by atoms with Gasteiger partial charge < -0.3 is 44.0 Å². The van der Waals surface area contributed by atoms with E-state index in [2.05, 4.69) is 16.0 Å². The third-order valence-corrected chi connectivity index (χ3v) is 5.27. The van der Waals surface area contributed by atoms with Gasteiger partial charge in [0, 0.05) is 20.0 Å². The van der Waals surface area contributed by atoms with Crippen molar-refractivity contribution in [2.75, 3.05) is 39.3 Å². The number of hydrogen-bond donors (Lipinski definition) is 8. The van der Waals surface area contributed by atoms with E-state index in [0.29, 0.717) is 39.0 Å². The van der Waals surface area contributed by atoms with Gasteiger partial charge >= 0.3 is 0 Å². The fourth-order valence-electron chi connectivity index (χ4n) is 3.21. The van der Waals surface area contributed by atoms with Gasteiger partial charge in [0.15, 0.2) is 0 Å². The quantitative estimate of drug-likeness (QED) is 0.0943. The number of hydrogen-bond acceptors (Lipinski definition) is 8. The summed E-state index contributed by atoms with van der Waals surface area (Å²) in [6.07, 6.45) is 11.7. The van der Waals surface area contributed by atoms with Crippen LogP contribution in [0.5, 0.6) is 0 Å². The third-order valence-electron chi connectivity index (χ3n) is 5.27. The van der Waals surface area contributed by atoms with Crippen molar-refractivity contribution < 1.29 is 19.5 Å². The summed E-state index contributed by atoms with van der Waals surface area (Å²) in [6, 6.07) is -0.868. The Morgan fingerprint density at radius 1 is 0.629 bits per heavy atom. The first-order valence-electron chi connectivity index (χ1n) is 13.1. The predicted octanol–water partition coefficient (Wildman–Crippen LogP) is 0.153. The van der Waals surface area contributed by atoms with Crippen LogP contribution >= 0.6 is 0 Å². The minimum atomic E-state index is -0.833. The lowest BCUT2D eigenvalue weighted by Gasteiger charge is -2.11. The lowest BCUT2D eigenvalue weighted by molar-refractivity contribution is -0.134. The minimum absolute atomic E-state index is 0.0661. The van der Waals surface area contributed by atoms with E-state index >= 15 is 0 Å². The standard InChI is InChI=1S/C22H49N7O2.C2H4O2/c23-13-9-11-19(25)21(30)28-17-7-3-1-5-15-27-16-6-2-4-8-18-29-22(31)20(26)12-10-14-24;1-2(3)4/h19-20,27H,1-18,23-26H2,(H,28,30)(H,29,31);1H3,(H,3,4). The molecule has 0 spiro atoms. The maximum atomic E-state index is 11.7. The summed E-state index contributed by atoms with van der Waals surface area (Å²) in [4.78, 5) is 32.5. The minimum Gasteiger partial charge on any atom is -0.481 e. The van der Waals surface area contributed by atoms with Crippen molar-refractivity contribution in [1.82, 2.24) is 16.0 Å². The number of carboxylic acid groups (broad SMARTS) is 1. The molecule has 2 amide bonds. The maximum absolute atomic E-state index is 11.7. The van der Waals surface area contributed by atoms with E-state index in [0.717, 1.165) is 84.2 Å². The lowest BCUT2D eigenvalue weighted by atomic mass is 10.1. The van der Waals surface area contributed by atoms with Gasteiger partial charge in [-0.1, -0.05) is 25.7 Å². The average Bonchev–Trinajstić information content (AvgIpc) is 2.82. The number of carbonyl (C=O) groups is 3. The van der Waals surface area contributed by atoms with Crippen LogP contribution in [-0.4, -0.2) is 74.2 Å². The first-order valence-corrected chi connectivity index (χ1v) is 13.1. The average molecular weight is 504 g/mol. The van der Waals surface area contributed by atoms with Gasteiger partial charge in [0.05, 0.1) is 12.1 Å². The summed E-state index contributed by atoms with van der Waals surface area (Å²) < 4.78 is 0. The van der Waals surface area contributed by atoms with Crippen LogP contribution in [0.1, 0.15) is 84.0 Å². The molecule has 12 N–H and O–H groups in total. The molecule has 0 radical (unpaired) electrons. The van der Waals surface area contributed by atoms with Crippen molar-refractivity contribution in [3.05, 3.63) is 0 Å². The highest BCUT2D eigenvalue weighted by Gasteiger charge is 2.12. The topological polar surface area (TPSA) is 212 Å². The third kappa shape index (κ3) is 28.3. The van der Waals surface area contributed by atoms with Crippen LogP contribution in [0, 0.1) is 0 Å². The predicted molar refractivity (Wildman–Crippen MR) is 142 cm³/mol. The summed E-state index contributed by atoms with van der Waals surface area (Å²) in [6.45, 7) is 5.69. The molecule has 2 atom stereocenters. The zero-order valence-corrected chi connectivity index (χ0v) is 21.9. The number of unbranched alkanes of at least 4 members (excludes halogenated alkanes) is 6. The van der Waals surface area contributed by atoms with E-state index < -0.39 is 18.1 Å². The number of aliphatic carboxylic acids is 1. The van der Waals surface area contributed by atoms with Crippen LogP contribution in [0.15, 0.2) is 0 Å². The molecular weight excluding hydrogens is 450 g/mol. The Kier molecular flexibility index (Phi) is 27.1. The van der Waals surface area contributed by atoms with Gasteiger partial charge in [0.1, 0.15) is 0 Å². The number of amides is 2. The molecule has 0 aliphatic rings. The van der Waals surface area contributed by atoms with Gasteiger partial charge in [-0.25, -0.2) is 0 Å². The fourth-order valence-corrected chi connectivity index (χ4v) is 3.21. The van der Waals surface area contributed by atoms with E-state index in [-0.39, 0.29) is 11.8 Å². The van der Waals surface area contributed by atoms with E-state index in [4.69, 9.17) is 32.8 Å². The Morgan fingerprint density at radius 3 is 1.26 bits per heavy atom. The summed E-state index contributed by atoms with van der Waals surface area (Å²) in [5.41, 5.74) is 22.4. The van der Waals surface area contributed by atoms with Gasteiger partial charge in [-0.3, -0.25) is 14.4 Å². The van der Waals surface area contributed by atoms with Crippen LogP contribution in [0.3, 0.4) is 0 Å². The highest BCUT2D eigenvalue weighted by atomic mass is 16.4. The van der Waals surface area contributed by atoms with E-state index in [1.54, 1.807) is 0 Å². The molecule has 2 unspecified atom stereocenters. The Balaban J connectivity index is 0. The molecule has 0 aromatic carbocycles. The second-order valence-electron chi connectivity index (χ2n) is 8.75. The van der Waals surface area contributed by atoms with Crippen molar-refractivity contribution >= 4 is 17.8 Å². The molecule has 0 rings (SSSR count). The van der Waals surface area contributed by atoms with Gasteiger partial charge in [0.25, 0.3) is 5.97 Å². The Morgan fingerprint density at radius 2 is 0.943 bits per heavy atom. The number of rotatable bonds is 22. The molecular formula is C24H53N7O4. The van der Waals surface area contributed by atoms with Crippen LogP contribution in [-0.2, 0) is 14.4 Å². The maximum Gasteiger partial charge on any atom is 0.300 e. The summed E-state index contributed by atoms with van der Waals surface area (Å²) in [5.74, 6) is -0.966. The molecule has 0 aliphatic carbocycles. The van der Waals surface area contributed by atoms with Crippen molar-refractivity contribution in [2.24, 2.45) is 22.9 Å². The fraction of sp³-hybridized carbons (Fsp3) is 0.875. The van der Waals surface area contributed by atoms with Crippen molar-refractivity contribution in [3.63, 3.8) is 0 Å². The first kappa shape index (κ1) is 35.4. The van der Waals surface area contributed by atoms with E-state index in [1.807, 2.05) is 0 Å².